The first kappa shape index (κ1) is 16.1. The number of nitrogens with zero attached hydrogens (tertiary/aromatic N) is 3. The zero-order valence-electron chi connectivity index (χ0n) is 12.2. The second-order valence-electron chi connectivity index (χ2n) is 4.77. The van der Waals surface area contributed by atoms with Crippen molar-refractivity contribution in [2.24, 2.45) is 7.05 Å². The van der Waals surface area contributed by atoms with E-state index in [1.807, 2.05) is 13.8 Å². The molecular formula is C14H17Cl2N3O2. The van der Waals surface area contributed by atoms with Crippen LogP contribution in [0.3, 0.4) is 0 Å². The third-order valence-electron chi connectivity index (χ3n) is 3.59. The van der Waals surface area contributed by atoms with E-state index in [1.54, 1.807) is 7.05 Å². The molecule has 0 fully saturated rings. The van der Waals surface area contributed by atoms with Crippen LogP contribution in [0.4, 0.5) is 0 Å². The Bertz CT molecular complexity index is 739. The average molecular weight is 330 g/mol. The topological polar surface area (TPSA) is 58.4 Å². The van der Waals surface area contributed by atoms with E-state index in [0.717, 1.165) is 13.1 Å². The van der Waals surface area contributed by atoms with Gasteiger partial charge in [-0.1, -0.05) is 37.0 Å². The van der Waals surface area contributed by atoms with E-state index in [1.165, 1.54) is 10.6 Å². The average Bonchev–Trinajstić information content (AvgIpc) is 2.46. The molecule has 0 unspecified atom stereocenters. The number of phenolic OH excluding ortho intramolecular Hbond substituents is 1. The summed E-state index contributed by atoms with van der Waals surface area (Å²) in [5.74, 6) is 0.347. The van der Waals surface area contributed by atoms with Crippen molar-refractivity contribution in [3.05, 3.63) is 32.3 Å². The molecule has 0 radical (unpaired) electrons. The van der Waals surface area contributed by atoms with E-state index < -0.39 is 0 Å². The molecule has 0 bridgehead atoms. The third-order valence-corrected chi connectivity index (χ3v) is 4.17. The van der Waals surface area contributed by atoms with Crippen molar-refractivity contribution in [3.8, 4) is 5.75 Å². The molecule has 0 saturated carbocycles. The highest BCUT2D eigenvalue weighted by molar-refractivity contribution is 6.39. The zero-order chi connectivity index (χ0) is 15.7. The SMILES string of the molecule is CCN(CC)Cc1nc2c(O)c(Cl)cc(Cl)c2c(=O)n1C. The molecule has 5 nitrogen and oxygen atoms in total. The van der Waals surface area contributed by atoms with E-state index in [9.17, 15) is 9.90 Å². The maximum Gasteiger partial charge on any atom is 0.262 e. The molecule has 1 aromatic heterocycles. The second kappa shape index (κ2) is 6.22. The first-order chi connectivity index (χ1) is 9.90. The minimum absolute atomic E-state index is 0.0852. The van der Waals surface area contributed by atoms with Crippen LogP contribution in [-0.2, 0) is 13.6 Å². The third kappa shape index (κ3) is 2.86. The molecular weight excluding hydrogens is 313 g/mol. The van der Waals surface area contributed by atoms with E-state index in [4.69, 9.17) is 23.2 Å². The van der Waals surface area contributed by atoms with Crippen LogP contribution < -0.4 is 5.56 Å². The molecule has 1 heterocycles. The number of halogens is 2. The van der Waals surface area contributed by atoms with Gasteiger partial charge < -0.3 is 5.11 Å². The molecule has 0 amide bonds. The fraction of sp³-hybridized carbons (Fsp3) is 0.429. The largest absolute Gasteiger partial charge is 0.504 e. The van der Waals surface area contributed by atoms with Crippen LogP contribution in [0.5, 0.6) is 5.75 Å². The Kier molecular flexibility index (Phi) is 4.76. The highest BCUT2D eigenvalue weighted by atomic mass is 35.5. The van der Waals surface area contributed by atoms with Crippen LogP contribution in [0, 0.1) is 0 Å². The van der Waals surface area contributed by atoms with Gasteiger partial charge >= 0.3 is 0 Å². The normalized spacial score (nSPS) is 11.5. The Balaban J connectivity index is 2.73. The predicted octanol–water partition coefficient (Wildman–Crippen LogP) is 2.79. The van der Waals surface area contributed by atoms with Gasteiger partial charge in [-0.3, -0.25) is 14.3 Å². The van der Waals surface area contributed by atoms with E-state index >= 15 is 0 Å². The standard InChI is InChI=1S/C14H17Cl2N3O2/c1-4-19(5-2)7-10-17-12-11(14(21)18(10)3)8(15)6-9(16)13(12)20/h6,20H,4-5,7H2,1-3H3. The van der Waals surface area contributed by atoms with Crippen LogP contribution >= 0.6 is 23.2 Å². The minimum atomic E-state index is -0.292. The van der Waals surface area contributed by atoms with Crippen molar-refractivity contribution in [2.45, 2.75) is 20.4 Å². The molecule has 114 valence electrons. The molecule has 1 aromatic carbocycles. The summed E-state index contributed by atoms with van der Waals surface area (Å²) in [6.45, 7) is 6.26. The van der Waals surface area contributed by atoms with Gasteiger partial charge in [-0.2, -0.15) is 0 Å². The van der Waals surface area contributed by atoms with E-state index in [2.05, 4.69) is 9.88 Å². The van der Waals surface area contributed by atoms with Crippen molar-refractivity contribution in [2.75, 3.05) is 13.1 Å². The fourth-order valence-corrected chi connectivity index (χ4v) is 2.72. The Labute approximate surface area is 132 Å². The number of aromatic nitrogens is 2. The van der Waals surface area contributed by atoms with Crippen LogP contribution in [0.25, 0.3) is 10.9 Å². The summed E-state index contributed by atoms with van der Waals surface area (Å²) >= 11 is 12.0. The number of benzene rings is 1. The summed E-state index contributed by atoms with van der Waals surface area (Å²) in [6, 6.07) is 1.36. The molecule has 2 aromatic rings. The molecule has 1 N–H and O–H groups in total. The Hall–Kier alpha value is -1.30. The van der Waals surface area contributed by atoms with Crippen molar-refractivity contribution in [3.63, 3.8) is 0 Å². The van der Waals surface area contributed by atoms with Gasteiger partial charge in [0.15, 0.2) is 5.75 Å². The molecule has 0 spiro atoms. The predicted molar refractivity (Wildman–Crippen MR) is 85.3 cm³/mol. The van der Waals surface area contributed by atoms with Crippen molar-refractivity contribution in [1.29, 1.82) is 0 Å². The number of phenols is 1. The highest BCUT2D eigenvalue weighted by Gasteiger charge is 2.18. The number of fused-ring (bicyclic) bond motifs is 1. The first-order valence-corrected chi connectivity index (χ1v) is 7.45. The molecule has 0 aliphatic rings. The highest BCUT2D eigenvalue weighted by Crippen LogP contribution is 2.34. The fourth-order valence-electron chi connectivity index (χ4n) is 2.19. The monoisotopic (exact) mass is 329 g/mol. The first-order valence-electron chi connectivity index (χ1n) is 6.69. The molecule has 21 heavy (non-hydrogen) atoms. The molecule has 2 rings (SSSR count). The maximum absolute atomic E-state index is 12.5. The number of hydrogen-bond acceptors (Lipinski definition) is 4. The molecule has 7 heteroatoms. The Morgan fingerprint density at radius 3 is 2.48 bits per heavy atom. The summed E-state index contributed by atoms with van der Waals surface area (Å²) in [6.07, 6.45) is 0. The van der Waals surface area contributed by atoms with Crippen molar-refractivity contribution in [1.82, 2.24) is 14.5 Å². The van der Waals surface area contributed by atoms with Crippen LogP contribution in [-0.4, -0.2) is 32.6 Å². The second-order valence-corrected chi connectivity index (χ2v) is 5.58. The molecule has 0 saturated heterocycles. The Morgan fingerprint density at radius 2 is 1.90 bits per heavy atom. The lowest BCUT2D eigenvalue weighted by atomic mass is 10.2. The number of rotatable bonds is 4. The van der Waals surface area contributed by atoms with E-state index in [0.29, 0.717) is 12.4 Å². The lowest BCUT2D eigenvalue weighted by molar-refractivity contribution is 0.283. The minimum Gasteiger partial charge on any atom is -0.504 e. The summed E-state index contributed by atoms with van der Waals surface area (Å²) in [5.41, 5.74) is -0.142. The maximum atomic E-state index is 12.5. The Morgan fingerprint density at radius 1 is 1.29 bits per heavy atom. The smallest absolute Gasteiger partial charge is 0.262 e. The lowest BCUT2D eigenvalue weighted by Gasteiger charge is -2.19. The van der Waals surface area contributed by atoms with Crippen LogP contribution in [0.1, 0.15) is 19.7 Å². The van der Waals surface area contributed by atoms with Crippen LogP contribution in [0.2, 0.25) is 10.0 Å². The van der Waals surface area contributed by atoms with Crippen LogP contribution in [0.15, 0.2) is 10.9 Å². The van der Waals surface area contributed by atoms with Gasteiger partial charge in [-0.15, -0.1) is 0 Å². The van der Waals surface area contributed by atoms with Gasteiger partial charge in [0, 0.05) is 7.05 Å². The van der Waals surface area contributed by atoms with Gasteiger partial charge in [-0.05, 0) is 19.2 Å². The van der Waals surface area contributed by atoms with Gasteiger partial charge in [0.1, 0.15) is 11.3 Å². The van der Waals surface area contributed by atoms with Gasteiger partial charge in [0.2, 0.25) is 0 Å². The van der Waals surface area contributed by atoms with Crippen molar-refractivity contribution >= 4 is 34.1 Å². The number of hydrogen-bond donors (Lipinski definition) is 1. The molecule has 0 aliphatic heterocycles. The quantitative estimate of drug-likeness (QED) is 0.937. The zero-order valence-corrected chi connectivity index (χ0v) is 13.7. The summed E-state index contributed by atoms with van der Waals surface area (Å²) in [5, 5.41) is 10.5. The van der Waals surface area contributed by atoms with Gasteiger partial charge in [0.05, 0.1) is 22.0 Å². The summed E-state index contributed by atoms with van der Waals surface area (Å²) < 4.78 is 1.46. The lowest BCUT2D eigenvalue weighted by Crippen LogP contribution is -2.29. The van der Waals surface area contributed by atoms with Gasteiger partial charge in [-0.25, -0.2) is 4.98 Å². The van der Waals surface area contributed by atoms with Gasteiger partial charge in [0.25, 0.3) is 5.56 Å². The molecule has 0 atom stereocenters. The molecule has 0 aliphatic carbocycles. The van der Waals surface area contributed by atoms with Crippen molar-refractivity contribution < 1.29 is 5.11 Å². The summed E-state index contributed by atoms with van der Waals surface area (Å²) in [7, 11) is 1.65. The summed E-state index contributed by atoms with van der Waals surface area (Å²) in [4.78, 5) is 19.0. The van der Waals surface area contributed by atoms with E-state index in [-0.39, 0.29) is 32.3 Å². The number of aromatic hydroxyl groups is 1.